The van der Waals surface area contributed by atoms with E-state index < -0.39 is 15.8 Å². The third-order valence-corrected chi connectivity index (χ3v) is 5.15. The molecule has 0 saturated heterocycles. The van der Waals surface area contributed by atoms with Crippen molar-refractivity contribution in [2.45, 2.75) is 4.90 Å². The van der Waals surface area contributed by atoms with E-state index in [2.05, 4.69) is 5.32 Å². The number of nitro benzene ring substituents is 2. The zero-order valence-corrected chi connectivity index (χ0v) is 16.7. The molecule has 0 atom stereocenters. The second-order valence-corrected chi connectivity index (χ2v) is 7.36. The van der Waals surface area contributed by atoms with Gasteiger partial charge in [0.2, 0.25) is 0 Å². The molecule has 0 heterocycles. The molecule has 0 aromatic heterocycles. The Labute approximate surface area is 180 Å². The normalized spacial score (nSPS) is 10.3. The Morgan fingerprint density at radius 2 is 1.39 bits per heavy atom. The lowest BCUT2D eigenvalue weighted by Crippen LogP contribution is -2.12. The molecule has 0 saturated carbocycles. The Morgan fingerprint density at radius 1 is 0.806 bits per heavy atom. The van der Waals surface area contributed by atoms with Gasteiger partial charge in [0, 0.05) is 46.0 Å². The maximum atomic E-state index is 12.4. The molecule has 156 valence electrons. The zero-order valence-electron chi connectivity index (χ0n) is 15.9. The molecule has 31 heavy (non-hydrogen) atoms. The van der Waals surface area contributed by atoms with E-state index in [0.717, 1.165) is 0 Å². The van der Waals surface area contributed by atoms with E-state index in [9.17, 15) is 29.8 Å². The van der Waals surface area contributed by atoms with Gasteiger partial charge in [-0.05, 0) is 24.3 Å². The molecule has 1 N–H and O–H groups in total. The van der Waals surface area contributed by atoms with Crippen molar-refractivity contribution in [3.8, 4) is 0 Å². The van der Waals surface area contributed by atoms with E-state index in [-0.39, 0.29) is 34.0 Å². The summed E-state index contributed by atoms with van der Waals surface area (Å²) in [4.78, 5) is 46.0. The van der Waals surface area contributed by atoms with Crippen LogP contribution in [0.3, 0.4) is 0 Å². The number of benzene rings is 3. The summed E-state index contributed by atoms with van der Waals surface area (Å²) in [6.45, 7) is 0. The van der Waals surface area contributed by atoms with Crippen LogP contribution in [0.4, 0.5) is 17.1 Å². The summed E-state index contributed by atoms with van der Waals surface area (Å²) in [5.41, 5.74) is 0.521. The Bertz CT molecular complexity index is 1180. The minimum absolute atomic E-state index is 0.0590. The lowest BCUT2D eigenvalue weighted by molar-refractivity contribution is -0.385. The smallest absolute Gasteiger partial charge is 0.270 e. The average molecular weight is 437 g/mol. The summed E-state index contributed by atoms with van der Waals surface area (Å²) in [6, 6.07) is 17.7. The van der Waals surface area contributed by atoms with Crippen LogP contribution in [-0.2, 0) is 0 Å². The minimum atomic E-state index is -0.577. The SMILES string of the molecule is O=C(CSc1cccc(NC(=O)c2cccc([N+](=O)[O-])c2)c1)c1cccc([N+](=O)[O-])c1. The van der Waals surface area contributed by atoms with E-state index in [1.807, 2.05) is 0 Å². The molecule has 3 aromatic rings. The molecule has 9 nitrogen and oxygen atoms in total. The van der Waals surface area contributed by atoms with Crippen LogP contribution in [0.2, 0.25) is 0 Å². The number of amides is 1. The van der Waals surface area contributed by atoms with Crippen molar-refractivity contribution < 1.29 is 19.4 Å². The highest BCUT2D eigenvalue weighted by Crippen LogP contribution is 2.24. The fourth-order valence-electron chi connectivity index (χ4n) is 2.65. The van der Waals surface area contributed by atoms with E-state index in [0.29, 0.717) is 10.6 Å². The molecule has 0 spiro atoms. The van der Waals surface area contributed by atoms with Gasteiger partial charge in [-0.2, -0.15) is 0 Å². The first-order valence-electron chi connectivity index (χ1n) is 8.90. The highest BCUT2D eigenvalue weighted by molar-refractivity contribution is 8.00. The van der Waals surface area contributed by atoms with Gasteiger partial charge >= 0.3 is 0 Å². The van der Waals surface area contributed by atoms with E-state index >= 15 is 0 Å². The van der Waals surface area contributed by atoms with E-state index in [4.69, 9.17) is 0 Å². The topological polar surface area (TPSA) is 132 Å². The van der Waals surface area contributed by atoms with Crippen LogP contribution in [0.25, 0.3) is 0 Å². The van der Waals surface area contributed by atoms with Gasteiger partial charge in [-0.3, -0.25) is 29.8 Å². The van der Waals surface area contributed by atoms with Crippen molar-refractivity contribution in [2.75, 3.05) is 11.1 Å². The van der Waals surface area contributed by atoms with Crippen LogP contribution in [-0.4, -0.2) is 27.3 Å². The van der Waals surface area contributed by atoms with Crippen molar-refractivity contribution in [3.05, 3.63) is 104 Å². The Balaban J connectivity index is 1.65. The second-order valence-electron chi connectivity index (χ2n) is 6.31. The van der Waals surface area contributed by atoms with Crippen molar-refractivity contribution >= 4 is 40.5 Å². The highest BCUT2D eigenvalue weighted by atomic mass is 32.2. The quantitative estimate of drug-likeness (QED) is 0.233. The first-order valence-corrected chi connectivity index (χ1v) is 9.88. The van der Waals surface area contributed by atoms with Gasteiger partial charge in [0.1, 0.15) is 0 Å². The molecular formula is C21H15N3O6S. The lowest BCUT2D eigenvalue weighted by Gasteiger charge is -2.08. The molecule has 0 unspecified atom stereocenters. The summed E-state index contributed by atoms with van der Waals surface area (Å²) in [5, 5.41) is 24.4. The molecule has 3 rings (SSSR count). The van der Waals surface area contributed by atoms with Crippen molar-refractivity contribution in [1.29, 1.82) is 0 Å². The predicted molar refractivity (Wildman–Crippen MR) is 116 cm³/mol. The summed E-state index contributed by atoms with van der Waals surface area (Å²) in [7, 11) is 0. The third kappa shape index (κ3) is 5.73. The summed E-state index contributed by atoms with van der Waals surface area (Å²) in [5.74, 6) is -0.707. The van der Waals surface area contributed by atoms with Crippen molar-refractivity contribution in [3.63, 3.8) is 0 Å². The fraction of sp³-hybridized carbons (Fsp3) is 0.0476. The van der Waals surface area contributed by atoms with Gasteiger partial charge in [0.05, 0.1) is 15.6 Å². The van der Waals surface area contributed by atoms with Gasteiger partial charge in [0.25, 0.3) is 17.3 Å². The number of nitrogens with zero attached hydrogens (tertiary/aromatic N) is 2. The number of rotatable bonds is 8. The van der Waals surface area contributed by atoms with Crippen LogP contribution in [0.5, 0.6) is 0 Å². The molecule has 1 amide bonds. The Kier molecular flexibility index (Phi) is 6.73. The first kappa shape index (κ1) is 21.7. The van der Waals surface area contributed by atoms with E-state index in [1.165, 1.54) is 60.3 Å². The Hall–Kier alpha value is -4.05. The maximum Gasteiger partial charge on any atom is 0.270 e. The number of nitro groups is 2. The number of carbonyl (C=O) groups is 2. The number of nitrogens with one attached hydrogen (secondary N) is 1. The highest BCUT2D eigenvalue weighted by Gasteiger charge is 2.14. The third-order valence-electron chi connectivity index (χ3n) is 4.16. The molecular weight excluding hydrogens is 422 g/mol. The monoisotopic (exact) mass is 437 g/mol. The van der Waals surface area contributed by atoms with Gasteiger partial charge in [-0.1, -0.05) is 24.3 Å². The van der Waals surface area contributed by atoms with Crippen LogP contribution < -0.4 is 5.32 Å². The molecule has 0 bridgehead atoms. The number of hydrogen-bond donors (Lipinski definition) is 1. The minimum Gasteiger partial charge on any atom is -0.322 e. The standard InChI is InChI=1S/C21H15N3O6S/c25-20(14-4-1-7-17(10-14)23(27)28)13-31-19-9-3-6-16(12-19)22-21(26)15-5-2-8-18(11-15)24(29)30/h1-12H,13H2,(H,22,26). The molecule has 10 heteroatoms. The van der Waals surface area contributed by atoms with Gasteiger partial charge in [0.15, 0.2) is 5.78 Å². The van der Waals surface area contributed by atoms with Gasteiger partial charge in [-0.25, -0.2) is 0 Å². The zero-order chi connectivity index (χ0) is 22.4. The molecule has 0 aliphatic heterocycles. The van der Waals surface area contributed by atoms with Gasteiger partial charge in [-0.15, -0.1) is 11.8 Å². The number of Topliss-reactive ketones (excluding diaryl/α,β-unsaturated/α-hetero) is 1. The average Bonchev–Trinajstić information content (AvgIpc) is 2.77. The number of carbonyl (C=O) groups excluding carboxylic acids is 2. The molecule has 0 aliphatic carbocycles. The molecule has 0 fully saturated rings. The maximum absolute atomic E-state index is 12.4. The van der Waals surface area contributed by atoms with Crippen molar-refractivity contribution in [2.24, 2.45) is 0 Å². The number of ketones is 1. The number of thioether (sulfide) groups is 1. The predicted octanol–water partition coefficient (Wildman–Crippen LogP) is 4.73. The van der Waals surface area contributed by atoms with Crippen LogP contribution in [0.1, 0.15) is 20.7 Å². The second kappa shape index (κ2) is 9.63. The number of anilines is 1. The van der Waals surface area contributed by atoms with Gasteiger partial charge < -0.3 is 5.32 Å². The number of non-ortho nitro benzene ring substituents is 2. The number of hydrogen-bond acceptors (Lipinski definition) is 7. The van der Waals surface area contributed by atoms with Crippen LogP contribution in [0, 0.1) is 20.2 Å². The largest absolute Gasteiger partial charge is 0.322 e. The summed E-state index contributed by atoms with van der Waals surface area (Å²) < 4.78 is 0. The fourth-order valence-corrected chi connectivity index (χ4v) is 3.50. The molecule has 0 radical (unpaired) electrons. The molecule has 0 aliphatic rings. The first-order chi connectivity index (χ1) is 14.8. The van der Waals surface area contributed by atoms with Crippen LogP contribution in [0.15, 0.2) is 77.7 Å². The van der Waals surface area contributed by atoms with Crippen LogP contribution >= 0.6 is 11.8 Å². The Morgan fingerprint density at radius 3 is 2.03 bits per heavy atom. The lowest BCUT2D eigenvalue weighted by atomic mass is 10.1. The molecule has 3 aromatic carbocycles. The van der Waals surface area contributed by atoms with E-state index in [1.54, 1.807) is 24.3 Å². The summed E-state index contributed by atoms with van der Waals surface area (Å²) >= 11 is 1.22. The summed E-state index contributed by atoms with van der Waals surface area (Å²) in [6.07, 6.45) is 0. The van der Waals surface area contributed by atoms with Crippen molar-refractivity contribution in [1.82, 2.24) is 0 Å².